The lowest BCUT2D eigenvalue weighted by Gasteiger charge is -2.29. The SMILES string of the molecule is NC1CCN(Cc2c[nH]c3ccccc23)CC1. The molecule has 0 spiro atoms. The Labute approximate surface area is 102 Å². The van der Waals surface area contributed by atoms with Gasteiger partial charge in [0.15, 0.2) is 0 Å². The Kier molecular flexibility index (Phi) is 2.87. The summed E-state index contributed by atoms with van der Waals surface area (Å²) in [6.07, 6.45) is 4.39. The van der Waals surface area contributed by atoms with Crippen LogP contribution in [0.5, 0.6) is 0 Å². The quantitative estimate of drug-likeness (QED) is 0.828. The first-order chi connectivity index (χ1) is 8.33. The molecule has 0 aliphatic carbocycles. The average Bonchev–Trinajstić information content (AvgIpc) is 2.76. The number of likely N-dealkylation sites (tertiary alicyclic amines) is 1. The van der Waals surface area contributed by atoms with Crippen molar-refractivity contribution in [2.75, 3.05) is 13.1 Å². The van der Waals surface area contributed by atoms with Crippen molar-refractivity contribution in [2.45, 2.75) is 25.4 Å². The Hall–Kier alpha value is -1.32. The zero-order valence-electron chi connectivity index (χ0n) is 10.0. The Balaban J connectivity index is 1.76. The molecule has 3 rings (SSSR count). The van der Waals surface area contributed by atoms with Crippen LogP contribution in [0.3, 0.4) is 0 Å². The van der Waals surface area contributed by atoms with Gasteiger partial charge in [0.25, 0.3) is 0 Å². The molecule has 0 radical (unpaired) electrons. The van der Waals surface area contributed by atoms with E-state index in [1.54, 1.807) is 0 Å². The van der Waals surface area contributed by atoms with Crippen LogP contribution in [-0.2, 0) is 6.54 Å². The zero-order valence-corrected chi connectivity index (χ0v) is 10.0. The number of piperidine rings is 1. The fourth-order valence-electron chi connectivity index (χ4n) is 2.61. The van der Waals surface area contributed by atoms with Gasteiger partial charge in [-0.15, -0.1) is 0 Å². The van der Waals surface area contributed by atoms with Gasteiger partial charge in [0, 0.05) is 29.7 Å². The number of nitrogens with zero attached hydrogens (tertiary/aromatic N) is 1. The third kappa shape index (κ3) is 2.21. The van der Waals surface area contributed by atoms with E-state index in [4.69, 9.17) is 5.73 Å². The minimum Gasteiger partial charge on any atom is -0.361 e. The molecule has 1 aromatic carbocycles. The second kappa shape index (κ2) is 4.51. The van der Waals surface area contributed by atoms with Crippen molar-refractivity contribution in [1.82, 2.24) is 9.88 Å². The first-order valence-corrected chi connectivity index (χ1v) is 6.36. The van der Waals surface area contributed by atoms with Gasteiger partial charge in [-0.3, -0.25) is 4.90 Å². The summed E-state index contributed by atoms with van der Waals surface area (Å²) in [5.74, 6) is 0. The maximum absolute atomic E-state index is 5.93. The molecule has 0 saturated carbocycles. The lowest BCUT2D eigenvalue weighted by atomic mass is 10.1. The van der Waals surface area contributed by atoms with Crippen LogP contribution in [0.15, 0.2) is 30.5 Å². The highest BCUT2D eigenvalue weighted by Gasteiger charge is 2.16. The highest BCUT2D eigenvalue weighted by atomic mass is 15.1. The molecule has 17 heavy (non-hydrogen) atoms. The van der Waals surface area contributed by atoms with Crippen LogP contribution in [0.2, 0.25) is 0 Å². The minimum atomic E-state index is 0.411. The van der Waals surface area contributed by atoms with E-state index < -0.39 is 0 Å². The first-order valence-electron chi connectivity index (χ1n) is 6.36. The third-order valence-electron chi connectivity index (χ3n) is 3.70. The highest BCUT2D eigenvalue weighted by molar-refractivity contribution is 5.82. The number of benzene rings is 1. The molecule has 0 atom stereocenters. The molecule has 3 nitrogen and oxygen atoms in total. The molecule has 1 aliphatic rings. The number of para-hydroxylation sites is 1. The van der Waals surface area contributed by atoms with Crippen molar-refractivity contribution in [3.05, 3.63) is 36.0 Å². The smallest absolute Gasteiger partial charge is 0.0457 e. The topological polar surface area (TPSA) is 45.0 Å². The molecule has 3 heteroatoms. The fourth-order valence-corrected chi connectivity index (χ4v) is 2.61. The van der Waals surface area contributed by atoms with Crippen LogP contribution in [0.4, 0.5) is 0 Å². The molecule has 0 unspecified atom stereocenters. The van der Waals surface area contributed by atoms with E-state index in [2.05, 4.69) is 40.3 Å². The van der Waals surface area contributed by atoms with E-state index in [-0.39, 0.29) is 0 Å². The molecular weight excluding hydrogens is 210 g/mol. The molecule has 90 valence electrons. The number of hydrogen-bond donors (Lipinski definition) is 2. The van der Waals surface area contributed by atoms with Crippen molar-refractivity contribution < 1.29 is 0 Å². The maximum atomic E-state index is 5.93. The van der Waals surface area contributed by atoms with Crippen molar-refractivity contribution >= 4 is 10.9 Å². The lowest BCUT2D eigenvalue weighted by molar-refractivity contribution is 0.206. The van der Waals surface area contributed by atoms with Gasteiger partial charge in [-0.2, -0.15) is 0 Å². The summed E-state index contributed by atoms with van der Waals surface area (Å²) in [5.41, 5.74) is 8.56. The van der Waals surface area contributed by atoms with E-state index >= 15 is 0 Å². The van der Waals surface area contributed by atoms with Gasteiger partial charge in [0.05, 0.1) is 0 Å². The normalized spacial score (nSPS) is 18.9. The molecule has 0 amide bonds. The number of hydrogen-bond acceptors (Lipinski definition) is 2. The van der Waals surface area contributed by atoms with E-state index in [9.17, 15) is 0 Å². The first kappa shape index (κ1) is 10.8. The maximum Gasteiger partial charge on any atom is 0.0457 e. The molecule has 3 N–H and O–H groups in total. The number of nitrogens with one attached hydrogen (secondary N) is 1. The number of rotatable bonds is 2. The largest absolute Gasteiger partial charge is 0.361 e. The molecule has 1 aromatic heterocycles. The molecular formula is C14H19N3. The van der Waals surface area contributed by atoms with E-state index in [1.807, 2.05) is 0 Å². The van der Waals surface area contributed by atoms with Crippen LogP contribution in [-0.4, -0.2) is 29.0 Å². The molecule has 1 fully saturated rings. The predicted molar refractivity (Wildman–Crippen MR) is 70.8 cm³/mol. The summed E-state index contributed by atoms with van der Waals surface area (Å²) < 4.78 is 0. The molecule has 1 saturated heterocycles. The third-order valence-corrected chi connectivity index (χ3v) is 3.70. The van der Waals surface area contributed by atoms with Crippen molar-refractivity contribution in [3.63, 3.8) is 0 Å². The van der Waals surface area contributed by atoms with Gasteiger partial charge in [0.2, 0.25) is 0 Å². The summed E-state index contributed by atoms with van der Waals surface area (Å²) in [6, 6.07) is 8.91. The number of nitrogens with two attached hydrogens (primary N) is 1. The summed E-state index contributed by atoms with van der Waals surface area (Å²) >= 11 is 0. The van der Waals surface area contributed by atoms with Crippen LogP contribution in [0.1, 0.15) is 18.4 Å². The molecule has 0 bridgehead atoms. The number of fused-ring (bicyclic) bond motifs is 1. The predicted octanol–water partition coefficient (Wildman–Crippen LogP) is 2.09. The Morgan fingerprint density at radius 3 is 2.82 bits per heavy atom. The number of aromatic nitrogens is 1. The van der Waals surface area contributed by atoms with Gasteiger partial charge in [-0.1, -0.05) is 18.2 Å². The Morgan fingerprint density at radius 2 is 2.00 bits per heavy atom. The van der Waals surface area contributed by atoms with Crippen molar-refractivity contribution in [2.24, 2.45) is 5.73 Å². The Bertz CT molecular complexity index is 495. The zero-order chi connectivity index (χ0) is 11.7. The van der Waals surface area contributed by atoms with E-state index in [0.717, 1.165) is 32.5 Å². The molecule has 2 heterocycles. The monoisotopic (exact) mass is 229 g/mol. The van der Waals surface area contributed by atoms with Crippen LogP contribution in [0, 0.1) is 0 Å². The number of H-pyrrole nitrogens is 1. The summed E-state index contributed by atoms with van der Waals surface area (Å²) in [6.45, 7) is 3.29. The summed E-state index contributed by atoms with van der Waals surface area (Å²) in [7, 11) is 0. The van der Waals surface area contributed by atoms with Gasteiger partial charge in [-0.25, -0.2) is 0 Å². The summed E-state index contributed by atoms with van der Waals surface area (Å²) in [4.78, 5) is 5.83. The average molecular weight is 229 g/mol. The van der Waals surface area contributed by atoms with Gasteiger partial charge >= 0.3 is 0 Å². The van der Waals surface area contributed by atoms with Crippen molar-refractivity contribution in [3.8, 4) is 0 Å². The molecule has 2 aromatic rings. The van der Waals surface area contributed by atoms with Crippen LogP contribution < -0.4 is 5.73 Å². The highest BCUT2D eigenvalue weighted by Crippen LogP contribution is 2.20. The van der Waals surface area contributed by atoms with Gasteiger partial charge in [-0.05, 0) is 37.6 Å². The lowest BCUT2D eigenvalue weighted by Crippen LogP contribution is -2.39. The van der Waals surface area contributed by atoms with Gasteiger partial charge < -0.3 is 10.7 Å². The van der Waals surface area contributed by atoms with Gasteiger partial charge in [0.1, 0.15) is 0 Å². The van der Waals surface area contributed by atoms with Crippen LogP contribution >= 0.6 is 0 Å². The minimum absolute atomic E-state index is 0.411. The molecule has 1 aliphatic heterocycles. The van der Waals surface area contributed by atoms with Crippen LogP contribution in [0.25, 0.3) is 10.9 Å². The fraction of sp³-hybridized carbons (Fsp3) is 0.429. The van der Waals surface area contributed by atoms with E-state index in [1.165, 1.54) is 16.5 Å². The van der Waals surface area contributed by atoms with E-state index in [0.29, 0.717) is 6.04 Å². The second-order valence-corrected chi connectivity index (χ2v) is 4.97. The summed E-state index contributed by atoms with van der Waals surface area (Å²) in [5, 5.41) is 1.35. The standard InChI is InChI=1S/C14H19N3/c15-12-5-7-17(8-6-12)10-11-9-16-14-4-2-1-3-13(11)14/h1-4,9,12,16H,5-8,10,15H2. The van der Waals surface area contributed by atoms with Crippen molar-refractivity contribution in [1.29, 1.82) is 0 Å². The number of aromatic amines is 1. The second-order valence-electron chi connectivity index (χ2n) is 4.97. The Morgan fingerprint density at radius 1 is 1.24 bits per heavy atom.